The number of hydrogen-bond donors (Lipinski definition) is 1. The lowest BCUT2D eigenvalue weighted by Gasteiger charge is -2.29. The second kappa shape index (κ2) is 6.04. The van der Waals surface area contributed by atoms with Gasteiger partial charge in [0.25, 0.3) is 10.0 Å². The molecule has 0 radical (unpaired) electrons. The number of rotatable bonds is 2. The molecule has 0 amide bonds. The molecule has 1 aromatic rings. The van der Waals surface area contributed by atoms with Crippen molar-refractivity contribution in [2.45, 2.75) is 30.3 Å². The van der Waals surface area contributed by atoms with Gasteiger partial charge in [-0.15, -0.1) is 12.4 Å². The molecule has 1 aliphatic carbocycles. The maximum atomic E-state index is 12.7. The molecule has 6 nitrogen and oxygen atoms in total. The molecular weight excluding hydrogens is 335 g/mol. The van der Waals surface area contributed by atoms with Crippen molar-refractivity contribution in [3.05, 3.63) is 11.2 Å². The van der Waals surface area contributed by atoms with Gasteiger partial charge in [-0.25, -0.2) is 8.42 Å². The van der Waals surface area contributed by atoms with Crippen LogP contribution in [-0.4, -0.2) is 41.6 Å². The summed E-state index contributed by atoms with van der Waals surface area (Å²) < 4.78 is 28.3. The van der Waals surface area contributed by atoms with Gasteiger partial charge >= 0.3 is 0 Å². The van der Waals surface area contributed by atoms with Gasteiger partial charge in [-0.1, -0.05) is 18.0 Å². The van der Waals surface area contributed by atoms with Crippen molar-refractivity contribution >= 4 is 34.0 Å². The number of aryl methyl sites for hydroxylation is 1. The largest absolute Gasteiger partial charge is 0.327 e. The summed E-state index contributed by atoms with van der Waals surface area (Å²) in [5.41, 5.74) is 6.14. The molecule has 2 N–H and O–H groups in total. The topological polar surface area (TPSA) is 81.2 Å². The van der Waals surface area contributed by atoms with E-state index < -0.39 is 10.0 Å². The second-order valence-corrected chi connectivity index (χ2v) is 8.02. The van der Waals surface area contributed by atoms with Crippen LogP contribution in [0, 0.1) is 11.8 Å². The van der Waals surface area contributed by atoms with Crippen molar-refractivity contribution in [2.24, 2.45) is 24.6 Å². The molecule has 3 rings (SSSR count). The maximum absolute atomic E-state index is 12.7. The minimum absolute atomic E-state index is 0. The third kappa shape index (κ3) is 2.82. The fourth-order valence-electron chi connectivity index (χ4n) is 3.48. The minimum atomic E-state index is -3.59. The first-order valence-electron chi connectivity index (χ1n) is 6.84. The predicted octanol–water partition coefficient (Wildman–Crippen LogP) is 1.24. The highest BCUT2D eigenvalue weighted by atomic mass is 35.5. The first-order valence-corrected chi connectivity index (χ1v) is 8.66. The van der Waals surface area contributed by atoms with Crippen molar-refractivity contribution in [1.29, 1.82) is 0 Å². The molecule has 3 unspecified atom stereocenters. The molecule has 1 aromatic heterocycles. The Morgan fingerprint density at radius 3 is 2.67 bits per heavy atom. The first kappa shape index (κ1) is 17.0. The lowest BCUT2D eigenvalue weighted by Crippen LogP contribution is -2.38. The third-order valence-electron chi connectivity index (χ3n) is 4.55. The van der Waals surface area contributed by atoms with Gasteiger partial charge in [-0.05, 0) is 24.7 Å². The number of aromatic nitrogens is 2. The number of halogens is 2. The van der Waals surface area contributed by atoms with Gasteiger partial charge in [-0.2, -0.15) is 9.40 Å². The van der Waals surface area contributed by atoms with Crippen LogP contribution in [0.5, 0.6) is 0 Å². The highest BCUT2D eigenvalue weighted by Gasteiger charge is 2.44. The summed E-state index contributed by atoms with van der Waals surface area (Å²) in [7, 11) is -2.00. The van der Waals surface area contributed by atoms with E-state index in [0.717, 1.165) is 19.3 Å². The van der Waals surface area contributed by atoms with Crippen LogP contribution in [-0.2, 0) is 17.1 Å². The fourth-order valence-corrected chi connectivity index (χ4v) is 5.62. The van der Waals surface area contributed by atoms with E-state index >= 15 is 0 Å². The van der Waals surface area contributed by atoms with Crippen LogP contribution in [0.2, 0.25) is 5.02 Å². The molecule has 1 saturated heterocycles. The van der Waals surface area contributed by atoms with E-state index in [1.54, 1.807) is 7.05 Å². The van der Waals surface area contributed by atoms with Crippen molar-refractivity contribution in [3.63, 3.8) is 0 Å². The van der Waals surface area contributed by atoms with Crippen LogP contribution in [0.15, 0.2) is 11.2 Å². The Bertz CT molecular complexity index is 599. The smallest absolute Gasteiger partial charge is 0.261 e. The Labute approximate surface area is 136 Å². The quantitative estimate of drug-likeness (QED) is 0.866. The number of hydrogen-bond acceptors (Lipinski definition) is 4. The standard InChI is InChI=1S/C12H19ClN4O2S.ClH/c1-16-12(10(13)5-15-16)20(18,19)17-6-8-3-2-4-11(14)9(8)7-17;/h5,8-9,11H,2-4,6-7,14H2,1H3;1H. The summed E-state index contributed by atoms with van der Waals surface area (Å²) in [6.45, 7) is 1.04. The van der Waals surface area contributed by atoms with Gasteiger partial charge in [0.2, 0.25) is 0 Å². The van der Waals surface area contributed by atoms with Crippen LogP contribution in [0.4, 0.5) is 0 Å². The van der Waals surface area contributed by atoms with Gasteiger partial charge in [-0.3, -0.25) is 4.68 Å². The molecule has 120 valence electrons. The third-order valence-corrected chi connectivity index (χ3v) is 6.89. The minimum Gasteiger partial charge on any atom is -0.327 e. The lowest BCUT2D eigenvalue weighted by atomic mass is 9.78. The zero-order valence-corrected chi connectivity index (χ0v) is 14.2. The normalized spacial score (nSPS) is 30.0. The Balaban J connectivity index is 0.00000161. The number of sulfonamides is 1. The van der Waals surface area contributed by atoms with E-state index in [1.165, 1.54) is 15.2 Å². The Kier molecular flexibility index (Phi) is 4.90. The fraction of sp³-hybridized carbons (Fsp3) is 0.750. The molecule has 9 heteroatoms. The predicted molar refractivity (Wildman–Crippen MR) is 83.0 cm³/mol. The molecule has 0 bridgehead atoms. The molecule has 2 heterocycles. The summed E-state index contributed by atoms with van der Waals surface area (Å²) in [4.78, 5) is 0. The van der Waals surface area contributed by atoms with Crippen LogP contribution in [0.1, 0.15) is 19.3 Å². The summed E-state index contributed by atoms with van der Waals surface area (Å²) in [6.07, 6.45) is 4.50. The van der Waals surface area contributed by atoms with Crippen molar-refractivity contribution < 1.29 is 8.42 Å². The van der Waals surface area contributed by atoms with E-state index in [2.05, 4.69) is 5.10 Å². The van der Waals surface area contributed by atoms with E-state index in [0.29, 0.717) is 19.0 Å². The molecule has 2 fully saturated rings. The molecule has 1 aliphatic heterocycles. The van der Waals surface area contributed by atoms with Crippen LogP contribution < -0.4 is 5.73 Å². The highest BCUT2D eigenvalue weighted by molar-refractivity contribution is 7.89. The number of fused-ring (bicyclic) bond motifs is 1. The number of nitrogens with two attached hydrogens (primary N) is 1. The van der Waals surface area contributed by atoms with Gasteiger partial charge in [0.05, 0.1) is 11.2 Å². The summed E-state index contributed by atoms with van der Waals surface area (Å²) in [5, 5.41) is 4.16. The van der Waals surface area contributed by atoms with E-state index in [1.807, 2.05) is 0 Å². The van der Waals surface area contributed by atoms with E-state index in [9.17, 15) is 8.42 Å². The molecular formula is C12H20Cl2N4O2S. The summed E-state index contributed by atoms with van der Waals surface area (Å²) in [6, 6.07) is 0.107. The monoisotopic (exact) mass is 354 g/mol. The Morgan fingerprint density at radius 1 is 1.38 bits per heavy atom. The molecule has 0 aromatic carbocycles. The molecule has 1 saturated carbocycles. The van der Waals surface area contributed by atoms with Crippen LogP contribution in [0.25, 0.3) is 0 Å². The average Bonchev–Trinajstić information content (AvgIpc) is 2.95. The van der Waals surface area contributed by atoms with Gasteiger partial charge in [0.1, 0.15) is 0 Å². The van der Waals surface area contributed by atoms with Crippen molar-refractivity contribution in [1.82, 2.24) is 14.1 Å². The van der Waals surface area contributed by atoms with Crippen LogP contribution >= 0.6 is 24.0 Å². The SMILES string of the molecule is Cl.Cn1ncc(Cl)c1S(=O)(=O)N1CC2CCCC(N)C2C1. The second-order valence-electron chi connectivity index (χ2n) is 5.76. The Morgan fingerprint density at radius 2 is 2.10 bits per heavy atom. The zero-order chi connectivity index (χ0) is 14.5. The van der Waals surface area contributed by atoms with Gasteiger partial charge in [0, 0.05) is 26.2 Å². The number of nitrogens with zero attached hydrogens (tertiary/aromatic N) is 3. The first-order chi connectivity index (χ1) is 9.41. The molecule has 2 aliphatic rings. The van der Waals surface area contributed by atoms with E-state index in [4.69, 9.17) is 17.3 Å². The molecule has 3 atom stereocenters. The summed E-state index contributed by atoms with van der Waals surface area (Å²) in [5.74, 6) is 0.644. The zero-order valence-electron chi connectivity index (χ0n) is 11.8. The van der Waals surface area contributed by atoms with Gasteiger partial charge in [0.15, 0.2) is 5.03 Å². The highest BCUT2D eigenvalue weighted by Crippen LogP contribution is 2.38. The van der Waals surface area contributed by atoms with E-state index in [-0.39, 0.29) is 34.4 Å². The van der Waals surface area contributed by atoms with Crippen molar-refractivity contribution in [2.75, 3.05) is 13.1 Å². The average molecular weight is 355 g/mol. The molecule has 21 heavy (non-hydrogen) atoms. The molecule has 0 spiro atoms. The van der Waals surface area contributed by atoms with Crippen LogP contribution in [0.3, 0.4) is 0 Å². The summed E-state index contributed by atoms with van der Waals surface area (Å²) >= 11 is 5.98. The Hall–Kier alpha value is -0.340. The van der Waals surface area contributed by atoms with Crippen molar-refractivity contribution in [3.8, 4) is 0 Å². The van der Waals surface area contributed by atoms with Gasteiger partial charge < -0.3 is 5.73 Å². The lowest BCUT2D eigenvalue weighted by molar-refractivity contribution is 0.260. The maximum Gasteiger partial charge on any atom is 0.261 e.